The van der Waals surface area contributed by atoms with Gasteiger partial charge in [-0.05, 0) is 43.4 Å². The van der Waals surface area contributed by atoms with E-state index in [4.69, 9.17) is 5.84 Å². The molecule has 1 atom stereocenters. The Morgan fingerprint density at radius 3 is 2.32 bits per heavy atom. The third-order valence-corrected chi connectivity index (χ3v) is 3.61. The summed E-state index contributed by atoms with van der Waals surface area (Å²) in [5.41, 5.74) is 8.18. The van der Waals surface area contributed by atoms with Crippen molar-refractivity contribution in [3.8, 4) is 0 Å². The molecule has 3 N–H and O–H groups in total. The van der Waals surface area contributed by atoms with E-state index in [1.54, 1.807) is 0 Å². The van der Waals surface area contributed by atoms with Crippen LogP contribution in [0.5, 0.6) is 0 Å². The van der Waals surface area contributed by atoms with Crippen LogP contribution >= 0.6 is 0 Å². The first-order chi connectivity index (χ1) is 9.20. The summed E-state index contributed by atoms with van der Waals surface area (Å²) in [6.07, 6.45) is 2.04. The van der Waals surface area contributed by atoms with E-state index in [9.17, 15) is 0 Å². The molecular formula is C17H22N2. The first-order valence-electron chi connectivity index (χ1n) is 6.78. The van der Waals surface area contributed by atoms with Gasteiger partial charge < -0.3 is 0 Å². The molecule has 0 saturated heterocycles. The Morgan fingerprint density at radius 2 is 1.68 bits per heavy atom. The summed E-state index contributed by atoms with van der Waals surface area (Å²) in [5, 5.41) is 0. The summed E-state index contributed by atoms with van der Waals surface area (Å²) in [7, 11) is 0. The van der Waals surface area contributed by atoms with Gasteiger partial charge in [-0.2, -0.15) is 0 Å². The fourth-order valence-electron chi connectivity index (χ4n) is 2.37. The lowest BCUT2D eigenvalue weighted by molar-refractivity contribution is 0.514. The summed E-state index contributed by atoms with van der Waals surface area (Å²) in [6, 6.07) is 17.3. The molecule has 2 heteroatoms. The van der Waals surface area contributed by atoms with Crippen LogP contribution in [-0.2, 0) is 6.42 Å². The maximum absolute atomic E-state index is 5.71. The number of hydrogen-bond donors (Lipinski definition) is 2. The summed E-state index contributed by atoms with van der Waals surface area (Å²) >= 11 is 0. The molecule has 0 aliphatic rings. The van der Waals surface area contributed by atoms with Gasteiger partial charge in [0.25, 0.3) is 0 Å². The molecule has 0 saturated carbocycles. The Labute approximate surface area is 115 Å². The molecule has 0 aromatic heterocycles. The highest BCUT2D eigenvalue weighted by Gasteiger charge is 2.11. The molecule has 0 fully saturated rings. The zero-order valence-electron chi connectivity index (χ0n) is 11.7. The normalized spacial score (nSPS) is 12.4. The Hall–Kier alpha value is -1.64. The SMILES string of the molecule is Cc1ccc(CCC(NN)c2ccccc2C)cc1. The van der Waals surface area contributed by atoms with Crippen molar-refractivity contribution in [2.45, 2.75) is 32.7 Å². The van der Waals surface area contributed by atoms with Crippen LogP contribution in [0.1, 0.15) is 34.7 Å². The number of nitrogens with two attached hydrogens (primary N) is 1. The first-order valence-corrected chi connectivity index (χ1v) is 6.78. The molecule has 0 aliphatic heterocycles. The number of hydrogen-bond acceptors (Lipinski definition) is 2. The van der Waals surface area contributed by atoms with E-state index in [2.05, 4.69) is 67.8 Å². The van der Waals surface area contributed by atoms with Crippen LogP contribution in [0.3, 0.4) is 0 Å². The minimum Gasteiger partial charge on any atom is -0.271 e. The summed E-state index contributed by atoms with van der Waals surface area (Å²) in [6.45, 7) is 4.24. The van der Waals surface area contributed by atoms with Crippen LogP contribution in [0.15, 0.2) is 48.5 Å². The molecule has 1 unspecified atom stereocenters. The molecule has 19 heavy (non-hydrogen) atoms. The Kier molecular flexibility index (Phi) is 4.72. The summed E-state index contributed by atoms with van der Waals surface area (Å²) in [4.78, 5) is 0. The van der Waals surface area contributed by atoms with Crippen molar-refractivity contribution in [3.05, 3.63) is 70.8 Å². The number of hydrazine groups is 1. The standard InChI is InChI=1S/C17H22N2/c1-13-7-9-15(10-8-13)11-12-17(19-18)16-6-4-3-5-14(16)2/h3-10,17,19H,11-12,18H2,1-2H3. The molecular weight excluding hydrogens is 232 g/mol. The number of rotatable bonds is 5. The highest BCUT2D eigenvalue weighted by atomic mass is 15.2. The van der Waals surface area contributed by atoms with Crippen LogP contribution in [-0.4, -0.2) is 0 Å². The van der Waals surface area contributed by atoms with E-state index < -0.39 is 0 Å². The lowest BCUT2D eigenvalue weighted by Crippen LogP contribution is -2.28. The minimum absolute atomic E-state index is 0.211. The molecule has 2 aromatic rings. The Morgan fingerprint density at radius 1 is 1.00 bits per heavy atom. The minimum atomic E-state index is 0.211. The fraction of sp³-hybridized carbons (Fsp3) is 0.294. The van der Waals surface area contributed by atoms with Crippen molar-refractivity contribution in [2.24, 2.45) is 5.84 Å². The van der Waals surface area contributed by atoms with Gasteiger partial charge in [0, 0.05) is 6.04 Å². The molecule has 0 heterocycles. The highest BCUT2D eigenvalue weighted by Crippen LogP contribution is 2.21. The number of nitrogens with one attached hydrogen (secondary N) is 1. The van der Waals surface area contributed by atoms with Gasteiger partial charge in [0.1, 0.15) is 0 Å². The zero-order valence-corrected chi connectivity index (χ0v) is 11.7. The van der Waals surface area contributed by atoms with Crippen LogP contribution in [0, 0.1) is 13.8 Å². The highest BCUT2D eigenvalue weighted by molar-refractivity contribution is 5.29. The maximum atomic E-state index is 5.71. The van der Waals surface area contributed by atoms with Crippen LogP contribution in [0.25, 0.3) is 0 Å². The van der Waals surface area contributed by atoms with Crippen molar-refractivity contribution in [3.63, 3.8) is 0 Å². The van der Waals surface area contributed by atoms with Gasteiger partial charge in [-0.3, -0.25) is 11.3 Å². The molecule has 0 aliphatic carbocycles. The Bertz CT molecular complexity index is 517. The molecule has 0 bridgehead atoms. The van der Waals surface area contributed by atoms with Crippen LogP contribution in [0.4, 0.5) is 0 Å². The van der Waals surface area contributed by atoms with Crippen molar-refractivity contribution >= 4 is 0 Å². The van der Waals surface area contributed by atoms with Gasteiger partial charge in [-0.25, -0.2) is 0 Å². The van der Waals surface area contributed by atoms with E-state index in [1.807, 2.05) is 0 Å². The predicted molar refractivity (Wildman–Crippen MR) is 80.7 cm³/mol. The second-order valence-corrected chi connectivity index (χ2v) is 5.10. The van der Waals surface area contributed by atoms with Gasteiger partial charge in [0.2, 0.25) is 0 Å². The number of benzene rings is 2. The van der Waals surface area contributed by atoms with Crippen molar-refractivity contribution < 1.29 is 0 Å². The van der Waals surface area contributed by atoms with Crippen molar-refractivity contribution in [1.82, 2.24) is 5.43 Å². The molecule has 0 radical (unpaired) electrons. The second-order valence-electron chi connectivity index (χ2n) is 5.10. The van der Waals surface area contributed by atoms with Crippen molar-refractivity contribution in [2.75, 3.05) is 0 Å². The monoisotopic (exact) mass is 254 g/mol. The smallest absolute Gasteiger partial charge is 0.0465 e. The molecule has 2 rings (SSSR count). The summed E-state index contributed by atoms with van der Waals surface area (Å²) in [5.74, 6) is 5.71. The quantitative estimate of drug-likeness (QED) is 0.633. The third kappa shape index (κ3) is 3.66. The lowest BCUT2D eigenvalue weighted by atomic mass is 9.96. The summed E-state index contributed by atoms with van der Waals surface area (Å²) < 4.78 is 0. The van der Waals surface area contributed by atoms with Gasteiger partial charge in [0.15, 0.2) is 0 Å². The average Bonchev–Trinajstić information content (AvgIpc) is 2.43. The number of aryl methyl sites for hydroxylation is 3. The molecule has 0 spiro atoms. The fourth-order valence-corrected chi connectivity index (χ4v) is 2.37. The van der Waals surface area contributed by atoms with Gasteiger partial charge in [-0.15, -0.1) is 0 Å². The third-order valence-electron chi connectivity index (χ3n) is 3.61. The Balaban J connectivity index is 2.04. The predicted octanol–water partition coefficient (Wildman–Crippen LogP) is 3.44. The zero-order chi connectivity index (χ0) is 13.7. The average molecular weight is 254 g/mol. The van der Waals surface area contributed by atoms with Gasteiger partial charge in [-0.1, -0.05) is 54.1 Å². The van der Waals surface area contributed by atoms with E-state index in [0.717, 1.165) is 12.8 Å². The maximum Gasteiger partial charge on any atom is 0.0465 e. The molecule has 100 valence electrons. The largest absolute Gasteiger partial charge is 0.271 e. The second kappa shape index (κ2) is 6.50. The van der Waals surface area contributed by atoms with Crippen molar-refractivity contribution in [1.29, 1.82) is 0 Å². The van der Waals surface area contributed by atoms with E-state index >= 15 is 0 Å². The van der Waals surface area contributed by atoms with E-state index in [-0.39, 0.29) is 6.04 Å². The topological polar surface area (TPSA) is 38.0 Å². The van der Waals surface area contributed by atoms with Gasteiger partial charge in [0.05, 0.1) is 0 Å². The van der Waals surface area contributed by atoms with Crippen LogP contribution < -0.4 is 11.3 Å². The van der Waals surface area contributed by atoms with E-state index in [0.29, 0.717) is 0 Å². The van der Waals surface area contributed by atoms with E-state index in [1.165, 1.54) is 22.3 Å². The van der Waals surface area contributed by atoms with Gasteiger partial charge >= 0.3 is 0 Å². The van der Waals surface area contributed by atoms with Crippen LogP contribution in [0.2, 0.25) is 0 Å². The first kappa shape index (κ1) is 13.8. The molecule has 0 amide bonds. The lowest BCUT2D eigenvalue weighted by Gasteiger charge is -2.18. The molecule has 2 nitrogen and oxygen atoms in total. The molecule has 2 aromatic carbocycles.